The van der Waals surface area contributed by atoms with Crippen molar-refractivity contribution < 1.29 is 4.74 Å². The summed E-state index contributed by atoms with van der Waals surface area (Å²) in [6, 6.07) is 8.47. The quantitative estimate of drug-likeness (QED) is 0.825. The Morgan fingerprint density at radius 1 is 0.966 bits per heavy atom. The van der Waals surface area contributed by atoms with Crippen molar-refractivity contribution in [1.82, 2.24) is 9.97 Å². The maximum atomic E-state index is 5.54. The first-order chi connectivity index (χ1) is 13.9. The Kier molecular flexibility index (Phi) is 3.75. The third-order valence-electron chi connectivity index (χ3n) is 7.90. The lowest BCUT2D eigenvalue weighted by Crippen LogP contribution is -2.61. The monoisotopic (exact) mass is 392 g/mol. The summed E-state index contributed by atoms with van der Waals surface area (Å²) < 4.78 is 5.54. The molecular formula is C24H32N4O. The molecular weight excluding hydrogens is 360 g/mol. The van der Waals surface area contributed by atoms with Crippen LogP contribution in [0.4, 0.5) is 11.8 Å². The second-order valence-electron chi connectivity index (χ2n) is 11.0. The van der Waals surface area contributed by atoms with Crippen LogP contribution in [0.25, 0.3) is 10.9 Å². The van der Waals surface area contributed by atoms with E-state index in [-0.39, 0.29) is 5.54 Å². The standard InChI is InChI=1S/C24H32N4O/c1-22-11-17-12-23(2,14-22)16-24(13-17,15-22)27-20-18-5-3-4-6-19(18)25-21(26-20)28-7-9-29-10-8-28/h3-6,17H,7-16H2,1-2H3,(H,25,26,27)/t17?,22-,23-,24?/m1/s1. The minimum Gasteiger partial charge on any atom is -0.378 e. The number of para-hydroxylation sites is 1. The third-order valence-corrected chi connectivity index (χ3v) is 7.90. The first kappa shape index (κ1) is 17.9. The van der Waals surface area contributed by atoms with Crippen LogP contribution in [0.15, 0.2) is 24.3 Å². The van der Waals surface area contributed by atoms with E-state index in [4.69, 9.17) is 14.7 Å². The summed E-state index contributed by atoms with van der Waals surface area (Å²) in [5, 5.41) is 5.20. The largest absolute Gasteiger partial charge is 0.378 e. The average Bonchev–Trinajstić information content (AvgIpc) is 2.65. The minimum atomic E-state index is 0.183. The van der Waals surface area contributed by atoms with E-state index in [2.05, 4.69) is 48.3 Å². The van der Waals surface area contributed by atoms with Crippen LogP contribution < -0.4 is 10.2 Å². The number of rotatable bonds is 3. The zero-order chi connectivity index (χ0) is 19.7. The molecule has 1 aromatic carbocycles. The second-order valence-corrected chi connectivity index (χ2v) is 11.0. The van der Waals surface area contributed by atoms with Crippen LogP contribution in [-0.4, -0.2) is 41.8 Å². The van der Waals surface area contributed by atoms with Crippen molar-refractivity contribution in [2.45, 2.75) is 57.9 Å². The van der Waals surface area contributed by atoms with Gasteiger partial charge in [0.15, 0.2) is 0 Å². The zero-order valence-corrected chi connectivity index (χ0v) is 17.7. The van der Waals surface area contributed by atoms with E-state index in [1.54, 1.807) is 0 Å². The smallest absolute Gasteiger partial charge is 0.228 e. The van der Waals surface area contributed by atoms with E-state index in [1.165, 1.54) is 38.5 Å². The van der Waals surface area contributed by atoms with E-state index in [0.29, 0.717) is 10.8 Å². The highest BCUT2D eigenvalue weighted by atomic mass is 16.5. The van der Waals surface area contributed by atoms with Gasteiger partial charge in [0.1, 0.15) is 5.82 Å². The second kappa shape index (κ2) is 6.07. The van der Waals surface area contributed by atoms with Crippen molar-refractivity contribution in [1.29, 1.82) is 0 Å². The lowest BCUT2D eigenvalue weighted by Gasteiger charge is -2.65. The number of fused-ring (bicyclic) bond motifs is 1. The molecule has 2 aromatic rings. The first-order valence-electron chi connectivity index (χ1n) is 11.3. The Hall–Kier alpha value is -1.88. The molecule has 4 saturated carbocycles. The summed E-state index contributed by atoms with van der Waals surface area (Å²) in [4.78, 5) is 12.3. The van der Waals surface area contributed by atoms with E-state index in [1.807, 2.05) is 0 Å². The molecule has 0 amide bonds. The van der Waals surface area contributed by atoms with Gasteiger partial charge in [-0.15, -0.1) is 0 Å². The lowest BCUT2D eigenvalue weighted by molar-refractivity contribution is -0.0973. The van der Waals surface area contributed by atoms with Gasteiger partial charge in [-0.25, -0.2) is 4.98 Å². The van der Waals surface area contributed by atoms with Gasteiger partial charge in [0.25, 0.3) is 0 Å². The van der Waals surface area contributed by atoms with Crippen molar-refractivity contribution in [3.63, 3.8) is 0 Å². The summed E-state index contributed by atoms with van der Waals surface area (Å²) in [6.45, 7) is 8.29. The number of ether oxygens (including phenoxy) is 1. The van der Waals surface area contributed by atoms with Crippen LogP contribution in [0.1, 0.15) is 52.4 Å². The molecule has 29 heavy (non-hydrogen) atoms. The van der Waals surface area contributed by atoms with Gasteiger partial charge in [0.05, 0.1) is 18.7 Å². The van der Waals surface area contributed by atoms with Crippen molar-refractivity contribution >= 4 is 22.7 Å². The van der Waals surface area contributed by atoms with Crippen molar-refractivity contribution in [3.8, 4) is 0 Å². The van der Waals surface area contributed by atoms with Crippen molar-refractivity contribution in [2.75, 3.05) is 36.5 Å². The molecule has 0 radical (unpaired) electrons. The summed E-state index contributed by atoms with van der Waals surface area (Å²) in [5.74, 6) is 2.74. The fourth-order valence-corrected chi connectivity index (χ4v) is 7.90. The van der Waals surface area contributed by atoms with E-state index >= 15 is 0 Å². The molecule has 2 atom stereocenters. The normalized spacial score (nSPS) is 38.6. The van der Waals surface area contributed by atoms with Gasteiger partial charge in [-0.1, -0.05) is 26.0 Å². The predicted molar refractivity (Wildman–Crippen MR) is 116 cm³/mol. The number of nitrogens with zero attached hydrogens (tertiary/aromatic N) is 3. The minimum absolute atomic E-state index is 0.183. The fourth-order valence-electron chi connectivity index (χ4n) is 7.90. The Morgan fingerprint density at radius 2 is 1.69 bits per heavy atom. The Balaban J connectivity index is 1.41. The first-order valence-corrected chi connectivity index (χ1v) is 11.3. The molecule has 1 aliphatic heterocycles. The topological polar surface area (TPSA) is 50.3 Å². The van der Waals surface area contributed by atoms with Crippen LogP contribution in [0.3, 0.4) is 0 Å². The molecule has 5 aliphatic rings. The summed E-state index contributed by atoms with van der Waals surface area (Å²) in [5.41, 5.74) is 2.18. The van der Waals surface area contributed by atoms with Crippen LogP contribution in [0.5, 0.6) is 0 Å². The van der Waals surface area contributed by atoms with Crippen LogP contribution in [0.2, 0.25) is 0 Å². The van der Waals surface area contributed by atoms with Gasteiger partial charge in [-0.3, -0.25) is 0 Å². The van der Waals surface area contributed by atoms with E-state index < -0.39 is 0 Å². The maximum Gasteiger partial charge on any atom is 0.228 e. The number of morpholine rings is 1. The molecule has 1 saturated heterocycles. The number of hydrogen-bond donors (Lipinski definition) is 1. The Bertz CT molecular complexity index is 935. The predicted octanol–water partition coefficient (Wildman–Crippen LogP) is 4.63. The highest BCUT2D eigenvalue weighted by Gasteiger charge is 2.60. The highest BCUT2D eigenvalue weighted by molar-refractivity contribution is 5.90. The van der Waals surface area contributed by atoms with E-state index in [9.17, 15) is 0 Å². The van der Waals surface area contributed by atoms with Crippen molar-refractivity contribution in [2.24, 2.45) is 16.7 Å². The lowest BCUT2D eigenvalue weighted by atomic mass is 9.43. The van der Waals surface area contributed by atoms with Gasteiger partial charge in [-0.2, -0.15) is 4.98 Å². The fraction of sp³-hybridized carbons (Fsp3) is 0.667. The van der Waals surface area contributed by atoms with Gasteiger partial charge >= 0.3 is 0 Å². The maximum absolute atomic E-state index is 5.54. The van der Waals surface area contributed by atoms with Crippen LogP contribution in [0, 0.1) is 16.7 Å². The number of benzene rings is 1. The number of hydrogen-bond acceptors (Lipinski definition) is 5. The van der Waals surface area contributed by atoms with Crippen molar-refractivity contribution in [3.05, 3.63) is 24.3 Å². The number of aromatic nitrogens is 2. The molecule has 0 spiro atoms. The molecule has 4 aliphatic carbocycles. The third kappa shape index (κ3) is 3.00. The molecule has 2 heterocycles. The van der Waals surface area contributed by atoms with Gasteiger partial charge in [-0.05, 0) is 67.4 Å². The molecule has 0 unspecified atom stereocenters. The molecule has 1 N–H and O–H groups in total. The molecule has 7 rings (SSSR count). The highest BCUT2D eigenvalue weighted by Crippen LogP contribution is 2.66. The summed E-state index contributed by atoms with van der Waals surface area (Å²) in [6.07, 6.45) is 8.06. The van der Waals surface area contributed by atoms with E-state index in [0.717, 1.165) is 54.9 Å². The number of anilines is 2. The molecule has 5 heteroatoms. The molecule has 5 nitrogen and oxygen atoms in total. The van der Waals surface area contributed by atoms with Gasteiger partial charge in [0.2, 0.25) is 5.95 Å². The molecule has 5 fully saturated rings. The van der Waals surface area contributed by atoms with Crippen LogP contribution in [-0.2, 0) is 4.74 Å². The average molecular weight is 393 g/mol. The summed E-state index contributed by atoms with van der Waals surface area (Å²) in [7, 11) is 0. The van der Waals surface area contributed by atoms with Gasteiger partial charge < -0.3 is 15.0 Å². The number of nitrogens with one attached hydrogen (secondary N) is 1. The Morgan fingerprint density at radius 3 is 2.41 bits per heavy atom. The van der Waals surface area contributed by atoms with Crippen LogP contribution >= 0.6 is 0 Å². The SMILES string of the molecule is C[C@]12CC3CC(Nc4nc(N5CCOCC5)nc5ccccc45)(C1)C[C@](C)(C3)C2. The Labute approximate surface area is 173 Å². The summed E-state index contributed by atoms with van der Waals surface area (Å²) >= 11 is 0. The molecule has 1 aromatic heterocycles. The zero-order valence-electron chi connectivity index (χ0n) is 17.7. The molecule has 4 bridgehead atoms. The van der Waals surface area contributed by atoms with Gasteiger partial charge in [0, 0.05) is 24.0 Å². The molecule has 154 valence electrons.